The van der Waals surface area contributed by atoms with E-state index in [0.29, 0.717) is 30.8 Å². The molecule has 2 N–H and O–H groups in total. The molecule has 130 valence electrons. The number of ether oxygens (including phenoxy) is 2. The quantitative estimate of drug-likeness (QED) is 0.911. The first-order valence-corrected chi connectivity index (χ1v) is 8.43. The van der Waals surface area contributed by atoms with Gasteiger partial charge in [0.2, 0.25) is 5.88 Å². The Morgan fingerprint density at radius 2 is 2.00 bits per heavy atom. The molecule has 0 spiro atoms. The van der Waals surface area contributed by atoms with Crippen LogP contribution in [0.25, 0.3) is 0 Å². The van der Waals surface area contributed by atoms with Gasteiger partial charge in [0.25, 0.3) is 0 Å². The summed E-state index contributed by atoms with van der Waals surface area (Å²) in [5.41, 5.74) is 7.89. The molecule has 1 atom stereocenters. The van der Waals surface area contributed by atoms with E-state index in [1.807, 2.05) is 31.2 Å². The van der Waals surface area contributed by atoms with Gasteiger partial charge in [0.05, 0.1) is 6.61 Å². The van der Waals surface area contributed by atoms with Gasteiger partial charge in [-0.05, 0) is 42.0 Å². The predicted molar refractivity (Wildman–Crippen MR) is 93.3 cm³/mol. The third-order valence-electron chi connectivity index (χ3n) is 4.61. The lowest BCUT2D eigenvalue weighted by Crippen LogP contribution is -2.33. The monoisotopic (exact) mass is 338 g/mol. The van der Waals surface area contributed by atoms with E-state index in [4.69, 9.17) is 15.2 Å². The highest BCUT2D eigenvalue weighted by molar-refractivity contribution is 5.96. The SMILES string of the molecule is CCOc1ccc(C2C(C#N)=C(N)OC3=C2CC(C)(C)CC3=O)cc1. The summed E-state index contributed by atoms with van der Waals surface area (Å²) in [6, 6.07) is 9.75. The van der Waals surface area contributed by atoms with Gasteiger partial charge in [-0.2, -0.15) is 5.26 Å². The minimum Gasteiger partial charge on any atom is -0.494 e. The third-order valence-corrected chi connectivity index (χ3v) is 4.61. The van der Waals surface area contributed by atoms with Gasteiger partial charge in [0.1, 0.15) is 17.4 Å². The van der Waals surface area contributed by atoms with E-state index in [2.05, 4.69) is 19.9 Å². The molecule has 0 radical (unpaired) electrons. The minimum atomic E-state index is -0.354. The van der Waals surface area contributed by atoms with E-state index in [-0.39, 0.29) is 23.0 Å². The normalized spacial score (nSPS) is 22.2. The predicted octanol–water partition coefficient (Wildman–Crippen LogP) is 3.54. The van der Waals surface area contributed by atoms with Crippen LogP contribution in [0, 0.1) is 16.7 Å². The molecule has 0 saturated carbocycles. The lowest BCUT2D eigenvalue weighted by Gasteiger charge is -2.37. The summed E-state index contributed by atoms with van der Waals surface area (Å²) in [4.78, 5) is 12.5. The first-order chi connectivity index (χ1) is 11.9. The Kier molecular flexibility index (Phi) is 4.30. The summed E-state index contributed by atoms with van der Waals surface area (Å²) in [5, 5.41) is 9.62. The van der Waals surface area contributed by atoms with Crippen LogP contribution in [0.5, 0.6) is 5.75 Å². The molecule has 1 unspecified atom stereocenters. The number of rotatable bonds is 3. The largest absolute Gasteiger partial charge is 0.494 e. The summed E-state index contributed by atoms with van der Waals surface area (Å²) in [6.07, 6.45) is 1.10. The summed E-state index contributed by atoms with van der Waals surface area (Å²) >= 11 is 0. The van der Waals surface area contributed by atoms with Crippen LogP contribution in [0.15, 0.2) is 47.1 Å². The Morgan fingerprint density at radius 3 is 2.60 bits per heavy atom. The molecule has 1 heterocycles. The van der Waals surface area contributed by atoms with Gasteiger partial charge in [0, 0.05) is 12.3 Å². The van der Waals surface area contributed by atoms with Crippen molar-refractivity contribution in [3.05, 3.63) is 52.6 Å². The van der Waals surface area contributed by atoms with Crippen molar-refractivity contribution in [3.63, 3.8) is 0 Å². The van der Waals surface area contributed by atoms with Crippen molar-refractivity contribution in [3.8, 4) is 11.8 Å². The molecule has 5 nitrogen and oxygen atoms in total. The van der Waals surface area contributed by atoms with Crippen LogP contribution < -0.4 is 10.5 Å². The second kappa shape index (κ2) is 6.29. The lowest BCUT2D eigenvalue weighted by atomic mass is 9.69. The van der Waals surface area contributed by atoms with E-state index in [1.165, 1.54) is 0 Å². The third kappa shape index (κ3) is 3.12. The Balaban J connectivity index is 2.10. The maximum absolute atomic E-state index is 12.5. The van der Waals surface area contributed by atoms with Crippen LogP contribution in [0.3, 0.4) is 0 Å². The van der Waals surface area contributed by atoms with Crippen LogP contribution in [0.2, 0.25) is 0 Å². The van der Waals surface area contributed by atoms with Crippen molar-refractivity contribution in [2.45, 2.75) is 39.5 Å². The van der Waals surface area contributed by atoms with E-state index in [0.717, 1.165) is 16.9 Å². The van der Waals surface area contributed by atoms with Crippen LogP contribution in [0.1, 0.15) is 45.1 Å². The Hall–Kier alpha value is -2.74. The van der Waals surface area contributed by atoms with Crippen LogP contribution in [-0.4, -0.2) is 12.4 Å². The standard InChI is InChI=1S/C20H22N2O3/c1-4-24-13-7-5-12(6-8-13)17-14-9-20(2,3)10-16(23)18(14)25-19(22)15(17)11-21/h5-8,17H,4,9-10,22H2,1-3H3. The number of carbonyl (C=O) groups is 1. The molecule has 3 rings (SSSR count). The van der Waals surface area contributed by atoms with Crippen molar-refractivity contribution in [2.24, 2.45) is 11.1 Å². The first kappa shape index (κ1) is 17.1. The smallest absolute Gasteiger partial charge is 0.205 e. The highest BCUT2D eigenvalue weighted by Gasteiger charge is 2.42. The minimum absolute atomic E-state index is 0.0215. The van der Waals surface area contributed by atoms with Crippen LogP contribution in [-0.2, 0) is 9.53 Å². The lowest BCUT2D eigenvalue weighted by molar-refractivity contribution is -0.121. The number of Topliss-reactive ketones (excluding diaryl/α,β-unsaturated/α-hetero) is 1. The molecule has 25 heavy (non-hydrogen) atoms. The summed E-state index contributed by atoms with van der Waals surface area (Å²) in [5.74, 6) is 0.695. The molecular weight excluding hydrogens is 316 g/mol. The van der Waals surface area contributed by atoms with Gasteiger partial charge in [0.15, 0.2) is 11.5 Å². The maximum atomic E-state index is 12.5. The number of nitriles is 1. The number of hydrogen-bond acceptors (Lipinski definition) is 5. The molecule has 5 heteroatoms. The van der Waals surface area contributed by atoms with Crippen molar-refractivity contribution in [1.82, 2.24) is 0 Å². The topological polar surface area (TPSA) is 85.3 Å². The van der Waals surface area contributed by atoms with Gasteiger partial charge in [-0.25, -0.2) is 0 Å². The number of allylic oxidation sites excluding steroid dienone is 3. The molecule has 1 aliphatic heterocycles. The van der Waals surface area contributed by atoms with Gasteiger partial charge >= 0.3 is 0 Å². The van der Waals surface area contributed by atoms with Gasteiger partial charge in [-0.3, -0.25) is 4.79 Å². The second-order valence-corrected chi connectivity index (χ2v) is 7.22. The van der Waals surface area contributed by atoms with Crippen molar-refractivity contribution < 1.29 is 14.3 Å². The number of nitrogens with zero attached hydrogens (tertiary/aromatic N) is 1. The Labute approximate surface area is 147 Å². The van der Waals surface area contributed by atoms with Crippen LogP contribution >= 0.6 is 0 Å². The zero-order valence-corrected chi connectivity index (χ0v) is 14.8. The summed E-state index contributed by atoms with van der Waals surface area (Å²) in [7, 11) is 0. The summed E-state index contributed by atoms with van der Waals surface area (Å²) < 4.78 is 11.0. The molecule has 0 bridgehead atoms. The number of hydrogen-bond donors (Lipinski definition) is 1. The average Bonchev–Trinajstić information content (AvgIpc) is 2.55. The van der Waals surface area contributed by atoms with Crippen LogP contribution in [0.4, 0.5) is 0 Å². The number of benzene rings is 1. The first-order valence-electron chi connectivity index (χ1n) is 8.43. The molecule has 0 fully saturated rings. The maximum Gasteiger partial charge on any atom is 0.205 e. The molecule has 0 amide bonds. The highest BCUT2D eigenvalue weighted by atomic mass is 16.5. The number of carbonyl (C=O) groups excluding carboxylic acids is 1. The van der Waals surface area contributed by atoms with E-state index < -0.39 is 0 Å². The second-order valence-electron chi connectivity index (χ2n) is 7.22. The highest BCUT2D eigenvalue weighted by Crippen LogP contribution is 2.48. The average molecular weight is 338 g/mol. The van der Waals surface area contributed by atoms with E-state index in [9.17, 15) is 10.1 Å². The molecule has 2 aliphatic rings. The molecule has 1 aliphatic carbocycles. The Morgan fingerprint density at radius 1 is 1.32 bits per heavy atom. The fraction of sp³-hybridized carbons (Fsp3) is 0.400. The van der Waals surface area contributed by atoms with Gasteiger partial charge in [-0.15, -0.1) is 0 Å². The fourth-order valence-corrected chi connectivity index (χ4v) is 3.60. The van der Waals surface area contributed by atoms with Gasteiger partial charge in [-0.1, -0.05) is 26.0 Å². The van der Waals surface area contributed by atoms with E-state index >= 15 is 0 Å². The van der Waals surface area contributed by atoms with Crippen molar-refractivity contribution in [2.75, 3.05) is 6.61 Å². The zero-order chi connectivity index (χ0) is 18.2. The molecule has 0 aromatic heterocycles. The van der Waals surface area contributed by atoms with E-state index in [1.54, 1.807) is 0 Å². The zero-order valence-electron chi connectivity index (χ0n) is 14.8. The van der Waals surface area contributed by atoms with Crippen molar-refractivity contribution >= 4 is 5.78 Å². The molecule has 1 aromatic carbocycles. The fourth-order valence-electron chi connectivity index (χ4n) is 3.60. The van der Waals surface area contributed by atoms with Crippen molar-refractivity contribution in [1.29, 1.82) is 5.26 Å². The molecule has 1 aromatic rings. The number of ketones is 1. The number of nitrogens with two attached hydrogens (primary N) is 1. The molecule has 0 saturated heterocycles. The summed E-state index contributed by atoms with van der Waals surface area (Å²) in [6.45, 7) is 6.62. The molecular formula is C20H22N2O3. The van der Waals surface area contributed by atoms with Gasteiger partial charge < -0.3 is 15.2 Å². The Bertz CT molecular complexity index is 810.